The van der Waals surface area contributed by atoms with Crippen molar-refractivity contribution in [2.45, 2.75) is 77.4 Å². The highest BCUT2D eigenvalue weighted by Crippen LogP contribution is 2.27. The van der Waals surface area contributed by atoms with Gasteiger partial charge >= 0.3 is 0 Å². The second-order valence-corrected chi connectivity index (χ2v) is 10.1. The zero-order chi connectivity index (χ0) is 24.7. The molecule has 0 spiro atoms. The minimum atomic E-state index is -0.700. The van der Waals surface area contributed by atoms with E-state index in [9.17, 15) is 9.59 Å². The van der Waals surface area contributed by atoms with Crippen molar-refractivity contribution in [1.82, 2.24) is 10.2 Å². The third-order valence-corrected chi connectivity index (χ3v) is 7.13. The monoisotopic (exact) mass is 504 g/mol. The molecule has 1 aliphatic rings. The van der Waals surface area contributed by atoms with Crippen LogP contribution in [-0.4, -0.2) is 35.4 Å². The average Bonchev–Trinajstić information content (AvgIpc) is 2.83. The number of benzene rings is 2. The van der Waals surface area contributed by atoms with E-state index >= 15 is 0 Å². The number of carbonyl (C=O) groups is 2. The molecule has 2 aromatic rings. The molecule has 2 amide bonds. The molecule has 2 aromatic carbocycles. The van der Waals surface area contributed by atoms with E-state index in [4.69, 9.17) is 27.9 Å². The number of ether oxygens (including phenoxy) is 1. The van der Waals surface area contributed by atoms with E-state index in [-0.39, 0.29) is 31.0 Å². The van der Waals surface area contributed by atoms with Crippen LogP contribution in [0.2, 0.25) is 10.0 Å². The van der Waals surface area contributed by atoms with E-state index < -0.39 is 6.04 Å². The highest BCUT2D eigenvalue weighted by molar-refractivity contribution is 6.36. The molecule has 1 atom stereocenters. The number of amides is 2. The van der Waals surface area contributed by atoms with Crippen molar-refractivity contribution >= 4 is 35.0 Å². The zero-order valence-corrected chi connectivity index (χ0v) is 21.7. The molecule has 5 nitrogen and oxygen atoms in total. The summed E-state index contributed by atoms with van der Waals surface area (Å²) in [5.41, 5.74) is 1.81. The van der Waals surface area contributed by atoms with Crippen LogP contribution in [0.15, 0.2) is 42.5 Å². The molecule has 3 rings (SSSR count). The van der Waals surface area contributed by atoms with Gasteiger partial charge in [-0.1, -0.05) is 74.5 Å². The van der Waals surface area contributed by atoms with Crippen molar-refractivity contribution in [3.05, 3.63) is 63.6 Å². The Bertz CT molecular complexity index is 952. The molecule has 0 bridgehead atoms. The van der Waals surface area contributed by atoms with Gasteiger partial charge in [0.25, 0.3) is 5.91 Å². The van der Waals surface area contributed by atoms with Gasteiger partial charge in [-0.3, -0.25) is 9.59 Å². The summed E-state index contributed by atoms with van der Waals surface area (Å²) in [4.78, 5) is 27.9. The second-order valence-electron chi connectivity index (χ2n) is 9.25. The zero-order valence-electron chi connectivity index (χ0n) is 20.2. The van der Waals surface area contributed by atoms with Crippen LogP contribution < -0.4 is 10.1 Å². The molecule has 34 heavy (non-hydrogen) atoms. The van der Waals surface area contributed by atoms with E-state index in [0.717, 1.165) is 25.7 Å². The molecule has 0 aromatic heterocycles. The van der Waals surface area contributed by atoms with Crippen LogP contribution in [0.3, 0.4) is 0 Å². The molecule has 0 heterocycles. The lowest BCUT2D eigenvalue weighted by Gasteiger charge is -2.31. The smallest absolute Gasteiger partial charge is 0.261 e. The van der Waals surface area contributed by atoms with Gasteiger partial charge in [0.15, 0.2) is 6.61 Å². The maximum absolute atomic E-state index is 13.3. The van der Waals surface area contributed by atoms with Gasteiger partial charge in [-0.05, 0) is 55.5 Å². The van der Waals surface area contributed by atoms with Gasteiger partial charge in [-0.2, -0.15) is 0 Å². The summed E-state index contributed by atoms with van der Waals surface area (Å²) >= 11 is 12.8. The van der Waals surface area contributed by atoms with Crippen molar-refractivity contribution in [2.24, 2.45) is 0 Å². The Balaban J connectivity index is 1.74. The number of halogens is 2. The summed E-state index contributed by atoms with van der Waals surface area (Å²) in [5.74, 6) is 0.530. The third kappa shape index (κ3) is 7.13. The normalized spacial score (nSPS) is 15.1. The largest absolute Gasteiger partial charge is 0.484 e. The molecule has 0 saturated heterocycles. The Labute approximate surface area is 212 Å². The number of nitrogens with zero attached hydrogens (tertiary/aromatic N) is 1. The Hall–Kier alpha value is -2.24. The minimum absolute atomic E-state index is 0.117. The molecule has 184 valence electrons. The van der Waals surface area contributed by atoms with Gasteiger partial charge in [0, 0.05) is 28.2 Å². The van der Waals surface area contributed by atoms with Gasteiger partial charge in [0.1, 0.15) is 11.8 Å². The van der Waals surface area contributed by atoms with Gasteiger partial charge in [0.2, 0.25) is 5.91 Å². The van der Waals surface area contributed by atoms with Crippen LogP contribution in [0, 0.1) is 0 Å². The van der Waals surface area contributed by atoms with Crippen molar-refractivity contribution < 1.29 is 14.3 Å². The van der Waals surface area contributed by atoms with E-state index in [0.29, 0.717) is 27.3 Å². The molecule has 7 heteroatoms. The summed E-state index contributed by atoms with van der Waals surface area (Å²) in [6, 6.07) is 12.4. The maximum atomic E-state index is 13.3. The fourth-order valence-corrected chi connectivity index (χ4v) is 4.70. The fourth-order valence-electron chi connectivity index (χ4n) is 4.18. The molecular formula is C27H34Cl2N2O3. The molecule has 1 fully saturated rings. The van der Waals surface area contributed by atoms with Gasteiger partial charge in [-0.15, -0.1) is 0 Å². The number of carbonyl (C=O) groups excluding carboxylic acids is 2. The van der Waals surface area contributed by atoms with E-state index in [2.05, 4.69) is 19.2 Å². The Morgan fingerprint density at radius 1 is 1.00 bits per heavy atom. The maximum Gasteiger partial charge on any atom is 0.261 e. The van der Waals surface area contributed by atoms with Crippen LogP contribution >= 0.6 is 23.2 Å². The quantitative estimate of drug-likeness (QED) is 0.431. The van der Waals surface area contributed by atoms with Crippen LogP contribution in [0.4, 0.5) is 0 Å². The molecule has 0 aliphatic heterocycles. The SMILES string of the molecule is CC(C)c1ccc(OCC(=O)N(Cc2c(Cl)cccc2Cl)[C@@H](C)C(=O)NC2CCCCC2)cc1. The fraction of sp³-hybridized carbons (Fsp3) is 0.481. The topological polar surface area (TPSA) is 58.6 Å². The highest BCUT2D eigenvalue weighted by Gasteiger charge is 2.29. The first kappa shape index (κ1) is 26.4. The molecule has 1 aliphatic carbocycles. The standard InChI is InChI=1S/C27H34Cl2N2O3/c1-18(2)20-12-14-22(15-13-20)34-17-26(32)31(16-23-24(28)10-7-11-25(23)29)19(3)27(33)30-21-8-5-4-6-9-21/h7,10-15,18-19,21H,4-6,8-9,16-17H2,1-3H3,(H,30,33)/t19-/m0/s1. The Morgan fingerprint density at radius 3 is 2.21 bits per heavy atom. The van der Waals surface area contributed by atoms with Crippen LogP contribution in [0.1, 0.15) is 69.9 Å². The van der Waals surface area contributed by atoms with E-state index in [1.165, 1.54) is 16.9 Å². The lowest BCUT2D eigenvalue weighted by Crippen LogP contribution is -2.51. The summed E-state index contributed by atoms with van der Waals surface area (Å²) < 4.78 is 5.77. The summed E-state index contributed by atoms with van der Waals surface area (Å²) in [5, 5.41) is 4.03. The number of hydrogen-bond acceptors (Lipinski definition) is 3. The molecule has 0 unspecified atom stereocenters. The van der Waals surface area contributed by atoms with Gasteiger partial charge < -0.3 is 15.0 Å². The molecule has 1 N–H and O–H groups in total. The first-order valence-corrected chi connectivity index (χ1v) is 12.8. The minimum Gasteiger partial charge on any atom is -0.484 e. The van der Waals surface area contributed by atoms with Crippen LogP contribution in [0.25, 0.3) is 0 Å². The average molecular weight is 505 g/mol. The lowest BCUT2D eigenvalue weighted by molar-refractivity contribution is -0.142. The second kappa shape index (κ2) is 12.5. The Kier molecular flexibility index (Phi) is 9.66. The summed E-state index contributed by atoms with van der Waals surface area (Å²) in [7, 11) is 0. The van der Waals surface area contributed by atoms with E-state index in [1.807, 2.05) is 24.3 Å². The van der Waals surface area contributed by atoms with Crippen LogP contribution in [-0.2, 0) is 16.1 Å². The van der Waals surface area contributed by atoms with Crippen molar-refractivity contribution in [2.75, 3.05) is 6.61 Å². The summed E-state index contributed by atoms with van der Waals surface area (Å²) in [6.45, 7) is 5.91. The first-order valence-electron chi connectivity index (χ1n) is 12.0. The van der Waals surface area contributed by atoms with Crippen LogP contribution in [0.5, 0.6) is 5.75 Å². The molecule has 0 radical (unpaired) electrons. The number of hydrogen-bond donors (Lipinski definition) is 1. The van der Waals surface area contributed by atoms with E-state index in [1.54, 1.807) is 25.1 Å². The highest BCUT2D eigenvalue weighted by atomic mass is 35.5. The van der Waals surface area contributed by atoms with Crippen molar-refractivity contribution in [1.29, 1.82) is 0 Å². The predicted octanol–water partition coefficient (Wildman–Crippen LogP) is 6.36. The molecular weight excluding hydrogens is 471 g/mol. The predicted molar refractivity (Wildman–Crippen MR) is 138 cm³/mol. The first-order chi connectivity index (χ1) is 16.3. The number of nitrogens with one attached hydrogen (secondary N) is 1. The van der Waals surface area contributed by atoms with Crippen molar-refractivity contribution in [3.63, 3.8) is 0 Å². The van der Waals surface area contributed by atoms with Crippen molar-refractivity contribution in [3.8, 4) is 5.75 Å². The summed E-state index contributed by atoms with van der Waals surface area (Å²) in [6.07, 6.45) is 5.37. The van der Waals surface area contributed by atoms with Gasteiger partial charge in [-0.25, -0.2) is 0 Å². The van der Waals surface area contributed by atoms with Gasteiger partial charge in [0.05, 0.1) is 0 Å². The third-order valence-electron chi connectivity index (χ3n) is 6.42. The Morgan fingerprint density at radius 2 is 1.62 bits per heavy atom. The number of rotatable bonds is 9. The lowest BCUT2D eigenvalue weighted by atomic mass is 9.95. The molecule has 1 saturated carbocycles.